The summed E-state index contributed by atoms with van der Waals surface area (Å²) >= 11 is 2.33. The minimum absolute atomic E-state index is 0.495. The first-order valence-electron chi connectivity index (χ1n) is 10.5. The molecule has 0 spiro atoms. The molecule has 0 atom stereocenters. The molecule has 31 heavy (non-hydrogen) atoms. The lowest BCUT2D eigenvalue weighted by atomic mass is 10.1. The number of nitrogens with one attached hydrogen (secondary N) is 1. The monoisotopic (exact) mass is 523 g/mol. The van der Waals surface area contributed by atoms with Crippen LogP contribution in [-0.4, -0.2) is 7.11 Å². The van der Waals surface area contributed by atoms with Crippen molar-refractivity contribution in [2.75, 3.05) is 12.4 Å². The topological polar surface area (TPSA) is 30.5 Å². The highest BCUT2D eigenvalue weighted by Crippen LogP contribution is 2.35. The van der Waals surface area contributed by atoms with Crippen LogP contribution >= 0.6 is 22.6 Å². The van der Waals surface area contributed by atoms with Gasteiger partial charge in [0, 0.05) is 12.2 Å². The maximum atomic E-state index is 6.24. The molecular formula is C27H26INO2. The summed E-state index contributed by atoms with van der Waals surface area (Å²) in [5.74, 6) is 1.54. The van der Waals surface area contributed by atoms with Crippen molar-refractivity contribution in [1.82, 2.24) is 0 Å². The molecule has 4 rings (SSSR count). The van der Waals surface area contributed by atoms with Gasteiger partial charge in [-0.1, -0.05) is 61.5 Å². The Morgan fingerprint density at radius 2 is 1.65 bits per heavy atom. The summed E-state index contributed by atoms with van der Waals surface area (Å²) in [7, 11) is 1.69. The SMILES string of the molecule is CCc1ccc(NCc2cc(I)c(OCc3cccc4ccccc34)c(OC)c2)cc1. The molecule has 3 nitrogen and oxygen atoms in total. The number of benzene rings is 4. The van der Waals surface area contributed by atoms with Crippen LogP contribution in [0.3, 0.4) is 0 Å². The van der Waals surface area contributed by atoms with E-state index in [9.17, 15) is 0 Å². The van der Waals surface area contributed by atoms with Gasteiger partial charge in [0.2, 0.25) is 0 Å². The Labute approximate surface area is 197 Å². The van der Waals surface area contributed by atoms with Gasteiger partial charge >= 0.3 is 0 Å². The Hall–Kier alpha value is -2.73. The predicted molar refractivity (Wildman–Crippen MR) is 137 cm³/mol. The molecule has 4 aromatic rings. The van der Waals surface area contributed by atoms with Crippen molar-refractivity contribution in [3.63, 3.8) is 0 Å². The first-order chi connectivity index (χ1) is 15.2. The van der Waals surface area contributed by atoms with E-state index in [0.29, 0.717) is 6.61 Å². The summed E-state index contributed by atoms with van der Waals surface area (Å²) in [6.07, 6.45) is 1.05. The fourth-order valence-corrected chi connectivity index (χ4v) is 4.47. The first kappa shape index (κ1) is 21.5. The Morgan fingerprint density at radius 1 is 0.871 bits per heavy atom. The summed E-state index contributed by atoms with van der Waals surface area (Å²) in [6, 6.07) is 27.5. The fraction of sp³-hybridized carbons (Fsp3) is 0.185. The third-order valence-corrected chi connectivity index (χ3v) is 6.20. The largest absolute Gasteiger partial charge is 0.493 e. The Bertz CT molecular complexity index is 1170. The quantitative estimate of drug-likeness (QED) is 0.248. The van der Waals surface area contributed by atoms with E-state index in [2.05, 4.69) is 108 Å². The molecule has 0 amide bonds. The lowest BCUT2D eigenvalue weighted by molar-refractivity contribution is 0.283. The van der Waals surface area contributed by atoms with E-state index >= 15 is 0 Å². The first-order valence-corrected chi connectivity index (χ1v) is 11.5. The molecule has 0 radical (unpaired) electrons. The van der Waals surface area contributed by atoms with E-state index in [1.807, 2.05) is 6.07 Å². The standard InChI is InChI=1S/C27H26INO2/c1-3-19-11-13-23(14-12-19)29-17-20-15-25(28)27(26(16-20)30-2)31-18-22-9-6-8-21-7-4-5-10-24(21)22/h4-16,29H,3,17-18H2,1-2H3. The molecule has 1 N–H and O–H groups in total. The van der Waals surface area contributed by atoms with Crippen LogP contribution < -0.4 is 14.8 Å². The third kappa shape index (κ3) is 5.13. The van der Waals surface area contributed by atoms with Crippen molar-refractivity contribution >= 4 is 39.1 Å². The van der Waals surface area contributed by atoms with E-state index in [1.165, 1.54) is 16.3 Å². The van der Waals surface area contributed by atoms with Crippen molar-refractivity contribution in [2.24, 2.45) is 0 Å². The zero-order valence-corrected chi connectivity index (χ0v) is 20.0. The maximum Gasteiger partial charge on any atom is 0.174 e. The van der Waals surface area contributed by atoms with Gasteiger partial charge in [0.1, 0.15) is 6.61 Å². The minimum atomic E-state index is 0.495. The van der Waals surface area contributed by atoms with Crippen LogP contribution in [0.1, 0.15) is 23.6 Å². The van der Waals surface area contributed by atoms with Gasteiger partial charge in [-0.05, 0) is 80.7 Å². The Morgan fingerprint density at radius 3 is 2.42 bits per heavy atom. The highest BCUT2D eigenvalue weighted by Gasteiger charge is 2.13. The summed E-state index contributed by atoms with van der Waals surface area (Å²) in [5, 5.41) is 5.93. The smallest absolute Gasteiger partial charge is 0.174 e. The second-order valence-corrected chi connectivity index (χ2v) is 8.60. The number of rotatable bonds is 8. The van der Waals surface area contributed by atoms with Crippen LogP contribution in [0.5, 0.6) is 11.5 Å². The van der Waals surface area contributed by atoms with Crippen molar-refractivity contribution in [2.45, 2.75) is 26.5 Å². The van der Waals surface area contributed by atoms with Crippen LogP contribution in [0.4, 0.5) is 5.69 Å². The van der Waals surface area contributed by atoms with Gasteiger partial charge in [-0.15, -0.1) is 0 Å². The summed E-state index contributed by atoms with van der Waals surface area (Å²) in [6.45, 7) is 3.39. The second-order valence-electron chi connectivity index (χ2n) is 7.44. The van der Waals surface area contributed by atoms with Crippen LogP contribution in [-0.2, 0) is 19.6 Å². The van der Waals surface area contributed by atoms with Gasteiger partial charge in [-0.25, -0.2) is 0 Å². The number of methoxy groups -OCH3 is 1. The van der Waals surface area contributed by atoms with Crippen molar-refractivity contribution < 1.29 is 9.47 Å². The second kappa shape index (κ2) is 10.1. The normalized spacial score (nSPS) is 10.8. The number of fused-ring (bicyclic) bond motifs is 1. The summed E-state index contributed by atoms with van der Waals surface area (Å²) in [5.41, 5.74) is 4.77. The molecule has 0 unspecified atom stereocenters. The molecule has 0 aliphatic heterocycles. The van der Waals surface area contributed by atoms with Gasteiger partial charge in [0.25, 0.3) is 0 Å². The average molecular weight is 523 g/mol. The molecule has 0 aliphatic rings. The number of aryl methyl sites for hydroxylation is 1. The number of hydrogen-bond donors (Lipinski definition) is 1. The van der Waals surface area contributed by atoms with Crippen LogP contribution in [0.15, 0.2) is 78.9 Å². The van der Waals surface area contributed by atoms with Crippen LogP contribution in [0.2, 0.25) is 0 Å². The number of ether oxygens (including phenoxy) is 2. The van der Waals surface area contributed by atoms with E-state index < -0.39 is 0 Å². The molecule has 0 saturated heterocycles. The molecular weight excluding hydrogens is 497 g/mol. The lowest BCUT2D eigenvalue weighted by Gasteiger charge is -2.16. The van der Waals surface area contributed by atoms with Crippen LogP contribution in [0, 0.1) is 3.57 Å². The van der Waals surface area contributed by atoms with E-state index in [0.717, 1.165) is 44.8 Å². The fourth-order valence-electron chi connectivity index (χ4n) is 3.65. The third-order valence-electron chi connectivity index (χ3n) is 5.40. The number of halogens is 1. The van der Waals surface area contributed by atoms with Gasteiger partial charge in [0.15, 0.2) is 11.5 Å². The Kier molecular flexibility index (Phi) is 6.97. The predicted octanol–water partition coefficient (Wildman–Crippen LogP) is 7.21. The number of hydrogen-bond acceptors (Lipinski definition) is 3. The molecule has 0 heterocycles. The molecule has 0 aliphatic carbocycles. The Balaban J connectivity index is 1.49. The highest BCUT2D eigenvalue weighted by molar-refractivity contribution is 14.1. The molecule has 158 valence electrons. The van der Waals surface area contributed by atoms with Crippen molar-refractivity contribution in [3.8, 4) is 11.5 Å². The van der Waals surface area contributed by atoms with Gasteiger partial charge in [0.05, 0.1) is 10.7 Å². The van der Waals surface area contributed by atoms with Crippen molar-refractivity contribution in [3.05, 3.63) is 99.1 Å². The van der Waals surface area contributed by atoms with E-state index in [1.54, 1.807) is 7.11 Å². The van der Waals surface area contributed by atoms with E-state index in [4.69, 9.17) is 9.47 Å². The van der Waals surface area contributed by atoms with Gasteiger partial charge < -0.3 is 14.8 Å². The zero-order chi connectivity index (χ0) is 21.6. The van der Waals surface area contributed by atoms with Crippen molar-refractivity contribution in [1.29, 1.82) is 0 Å². The van der Waals surface area contributed by atoms with E-state index in [-0.39, 0.29) is 0 Å². The average Bonchev–Trinajstić information content (AvgIpc) is 2.82. The molecule has 0 bridgehead atoms. The van der Waals surface area contributed by atoms with Gasteiger partial charge in [-0.3, -0.25) is 0 Å². The molecule has 0 fully saturated rings. The summed E-state index contributed by atoms with van der Waals surface area (Å²) < 4.78 is 12.9. The number of anilines is 1. The lowest BCUT2D eigenvalue weighted by Crippen LogP contribution is -2.04. The minimum Gasteiger partial charge on any atom is -0.493 e. The molecule has 4 aromatic carbocycles. The molecule has 0 saturated carbocycles. The molecule has 4 heteroatoms. The zero-order valence-electron chi connectivity index (χ0n) is 17.8. The summed E-state index contributed by atoms with van der Waals surface area (Å²) in [4.78, 5) is 0. The van der Waals surface area contributed by atoms with Gasteiger partial charge in [-0.2, -0.15) is 0 Å². The van der Waals surface area contributed by atoms with Crippen LogP contribution in [0.25, 0.3) is 10.8 Å². The molecule has 0 aromatic heterocycles. The highest BCUT2D eigenvalue weighted by atomic mass is 127. The maximum absolute atomic E-state index is 6.24.